The van der Waals surface area contributed by atoms with Crippen LogP contribution in [0.3, 0.4) is 0 Å². The number of rotatable bonds is 8. The molecule has 2 aliphatic rings. The molecule has 4 nitrogen and oxygen atoms in total. The molecule has 4 aromatic rings. The zero-order chi connectivity index (χ0) is 28.0. The van der Waals surface area contributed by atoms with Crippen molar-refractivity contribution in [1.82, 2.24) is 0 Å². The van der Waals surface area contributed by atoms with Crippen molar-refractivity contribution < 1.29 is 12.9 Å². The fraction of sp³-hybridized carbons (Fsp3) is 0.429. The molecule has 0 saturated heterocycles. The summed E-state index contributed by atoms with van der Waals surface area (Å²) in [6, 6.07) is 11.0. The van der Waals surface area contributed by atoms with Gasteiger partial charge in [-0.05, 0) is 90.5 Å². The molecular weight excluding hydrogens is 513 g/mol. The Bertz CT molecular complexity index is 1670. The topological polar surface area (TPSA) is 47.5 Å². The maximum atomic E-state index is 6.88. The normalized spacial score (nSPS) is 14.2. The summed E-state index contributed by atoms with van der Waals surface area (Å²) in [5, 5.41) is 5.93. The average Bonchev–Trinajstić information content (AvgIpc) is 3.26. The van der Waals surface area contributed by atoms with E-state index in [1.165, 1.54) is 57.0 Å². The number of hydrogen-bond donors (Lipinski definition) is 1. The Hall–Kier alpha value is -3.10. The van der Waals surface area contributed by atoms with Gasteiger partial charge in [0.05, 0.1) is 0 Å². The van der Waals surface area contributed by atoms with E-state index < -0.39 is 8.24 Å². The molecule has 3 aromatic carbocycles. The highest BCUT2D eigenvalue weighted by Crippen LogP contribution is 2.49. The second kappa shape index (κ2) is 10.7. The summed E-state index contributed by atoms with van der Waals surface area (Å²) in [5.74, 6) is 0.764. The van der Waals surface area contributed by atoms with Crippen molar-refractivity contribution in [2.75, 3.05) is 11.9 Å². The Kier molecular flexibility index (Phi) is 7.25. The molecule has 0 saturated carbocycles. The third kappa shape index (κ3) is 4.85. The van der Waals surface area contributed by atoms with E-state index in [1.807, 2.05) is 6.07 Å². The van der Waals surface area contributed by atoms with E-state index >= 15 is 0 Å². The second-order valence-electron chi connectivity index (χ2n) is 12.5. The number of benzene rings is 3. The molecule has 1 aromatic heterocycles. The molecule has 0 bridgehead atoms. The van der Waals surface area contributed by atoms with E-state index in [1.54, 1.807) is 0 Å². The average molecular weight is 556 g/mol. The number of hydrogen-bond acceptors (Lipinski definition) is 4. The van der Waals surface area contributed by atoms with E-state index in [9.17, 15) is 0 Å². The summed E-state index contributed by atoms with van der Waals surface area (Å²) in [4.78, 5) is 0. The zero-order valence-electron chi connectivity index (χ0n) is 24.9. The predicted octanol–water partition coefficient (Wildman–Crippen LogP) is 10.8. The summed E-state index contributed by atoms with van der Waals surface area (Å²) in [6.07, 6.45) is 12.0. The van der Waals surface area contributed by atoms with Crippen molar-refractivity contribution in [3.05, 3.63) is 75.4 Å². The van der Waals surface area contributed by atoms with Gasteiger partial charge >= 0.3 is 8.24 Å². The number of anilines is 1. The molecular formula is C35H42NO3P. The largest absolute Gasteiger partial charge is 0.453 e. The van der Waals surface area contributed by atoms with Crippen LogP contribution in [0.1, 0.15) is 99.2 Å². The molecule has 0 fully saturated rings. The number of fused-ring (bicyclic) bond motifs is 1. The monoisotopic (exact) mass is 555 g/mol. The van der Waals surface area contributed by atoms with Crippen molar-refractivity contribution in [2.45, 2.75) is 91.9 Å². The lowest BCUT2D eigenvalue weighted by atomic mass is 9.84. The van der Waals surface area contributed by atoms with Crippen molar-refractivity contribution in [3.63, 3.8) is 0 Å². The van der Waals surface area contributed by atoms with Gasteiger partial charge in [0.25, 0.3) is 0 Å². The van der Waals surface area contributed by atoms with E-state index in [2.05, 4.69) is 83.3 Å². The molecule has 0 amide bonds. The molecule has 0 spiro atoms. The molecule has 1 unspecified atom stereocenters. The van der Waals surface area contributed by atoms with Crippen LogP contribution in [0, 0.1) is 6.92 Å². The fourth-order valence-corrected chi connectivity index (χ4v) is 7.33. The van der Waals surface area contributed by atoms with E-state index in [4.69, 9.17) is 12.9 Å². The van der Waals surface area contributed by atoms with Crippen molar-refractivity contribution >= 4 is 41.9 Å². The van der Waals surface area contributed by atoms with Crippen molar-refractivity contribution in [1.29, 1.82) is 0 Å². The number of unbranched alkanes of at least 4 members (excludes halogenated alkanes) is 2. The Morgan fingerprint density at radius 1 is 0.900 bits per heavy atom. The van der Waals surface area contributed by atoms with Gasteiger partial charge in [0.1, 0.15) is 16.9 Å². The molecule has 2 heterocycles. The van der Waals surface area contributed by atoms with Gasteiger partial charge in [-0.2, -0.15) is 0 Å². The fourth-order valence-electron chi connectivity index (χ4n) is 6.24. The molecule has 1 aliphatic carbocycles. The summed E-state index contributed by atoms with van der Waals surface area (Å²) in [5.41, 5.74) is 12.2. The van der Waals surface area contributed by atoms with Crippen molar-refractivity contribution in [2.24, 2.45) is 0 Å². The summed E-state index contributed by atoms with van der Waals surface area (Å²) in [6.45, 7) is 14.5. The molecule has 1 atom stereocenters. The molecule has 1 N–H and O–H groups in total. The Morgan fingerprint density at radius 2 is 1.62 bits per heavy atom. The smallest absolute Gasteiger partial charge is 0.391 e. The lowest BCUT2D eigenvalue weighted by Gasteiger charge is -2.21. The second-order valence-corrected chi connectivity index (χ2v) is 13.5. The van der Waals surface area contributed by atoms with Crippen LogP contribution < -0.4 is 9.84 Å². The number of nitrogens with one attached hydrogen (secondary N) is 1. The van der Waals surface area contributed by atoms with Crippen LogP contribution >= 0.6 is 8.24 Å². The standard InChI is InChI=1S/C35H42NO3P/c1-7-9-12-23-19-25(13-10-8-2)33-32-28(23)21-27-22(3)18-29(35(4,5)6)34(31(27)32)39-40(38-33)37-26-15-16-30-24(20-26)14-11-17-36-30/h11,14-16,18-20,36H,7-10,12-13,17,21H2,1-6H3. The van der Waals surface area contributed by atoms with Crippen LogP contribution in [0.15, 0.2) is 44.8 Å². The van der Waals surface area contributed by atoms with Gasteiger partial charge in [0, 0.05) is 34.1 Å². The summed E-state index contributed by atoms with van der Waals surface area (Å²) < 4.78 is 20.4. The first-order valence-corrected chi connectivity index (χ1v) is 16.1. The van der Waals surface area contributed by atoms with E-state index in [0.717, 1.165) is 66.8 Å². The van der Waals surface area contributed by atoms with Gasteiger partial charge in [-0.1, -0.05) is 71.7 Å². The summed E-state index contributed by atoms with van der Waals surface area (Å²) in [7, 11) is -1.72. The quantitative estimate of drug-likeness (QED) is 0.207. The van der Waals surface area contributed by atoms with Gasteiger partial charge in [-0.15, -0.1) is 0 Å². The van der Waals surface area contributed by atoms with Crippen LogP contribution in [0.5, 0.6) is 5.75 Å². The first-order valence-electron chi connectivity index (χ1n) is 15.0. The highest BCUT2D eigenvalue weighted by molar-refractivity contribution is 7.32. The maximum absolute atomic E-state index is 6.88. The molecule has 5 heteroatoms. The molecule has 6 rings (SSSR count). The lowest BCUT2D eigenvalue weighted by molar-refractivity contribution is 0.492. The van der Waals surface area contributed by atoms with Gasteiger partial charge in [0.15, 0.2) is 0 Å². The molecule has 1 aliphatic heterocycles. The SMILES string of the molecule is CCCCc1cc(CCCC)c2op(Oc3ccc4c(c3)C=CCN4)oc3c(C(C)(C)C)cc(C)c4c3c2c1C4. The third-order valence-electron chi connectivity index (χ3n) is 8.42. The summed E-state index contributed by atoms with van der Waals surface area (Å²) >= 11 is 0. The first kappa shape index (κ1) is 27.1. The first-order chi connectivity index (χ1) is 19.3. The molecule has 210 valence electrons. The Balaban J connectivity index is 1.66. The van der Waals surface area contributed by atoms with Crippen LogP contribution in [-0.4, -0.2) is 6.54 Å². The highest BCUT2D eigenvalue weighted by Gasteiger charge is 2.30. The van der Waals surface area contributed by atoms with Crippen LogP contribution in [0.4, 0.5) is 5.69 Å². The minimum absolute atomic E-state index is 0.0868. The Labute approximate surface area is 239 Å². The molecule has 0 radical (unpaired) electrons. The molecule has 40 heavy (non-hydrogen) atoms. The van der Waals surface area contributed by atoms with E-state index in [0.29, 0.717) is 0 Å². The van der Waals surface area contributed by atoms with Crippen LogP contribution in [0.25, 0.3) is 28.0 Å². The number of aryl methyl sites for hydroxylation is 3. The van der Waals surface area contributed by atoms with Gasteiger partial charge in [0.2, 0.25) is 0 Å². The van der Waals surface area contributed by atoms with Gasteiger partial charge in [-0.25, -0.2) is 0 Å². The van der Waals surface area contributed by atoms with Crippen LogP contribution in [-0.2, 0) is 24.7 Å². The zero-order valence-corrected chi connectivity index (χ0v) is 25.8. The van der Waals surface area contributed by atoms with E-state index in [-0.39, 0.29) is 5.41 Å². The predicted molar refractivity (Wildman–Crippen MR) is 170 cm³/mol. The van der Waals surface area contributed by atoms with Gasteiger partial charge < -0.3 is 18.2 Å². The third-order valence-corrected chi connectivity index (χ3v) is 9.44. The Morgan fingerprint density at radius 3 is 2.38 bits per heavy atom. The minimum atomic E-state index is -1.72. The lowest BCUT2D eigenvalue weighted by Crippen LogP contribution is -2.12. The minimum Gasteiger partial charge on any atom is -0.391 e. The highest BCUT2D eigenvalue weighted by atomic mass is 31.1. The van der Waals surface area contributed by atoms with Crippen molar-refractivity contribution in [3.8, 4) is 5.75 Å². The van der Waals surface area contributed by atoms with Crippen LogP contribution in [0.2, 0.25) is 0 Å². The van der Waals surface area contributed by atoms with Gasteiger partial charge in [-0.3, -0.25) is 0 Å². The maximum Gasteiger partial charge on any atom is 0.453 e.